The molecular formula is C18H26FIN4S. The first-order valence-electron chi connectivity index (χ1n) is 8.29. The normalized spacial score (nSPS) is 11.1. The van der Waals surface area contributed by atoms with Crippen LogP contribution >= 0.6 is 35.3 Å². The molecule has 0 amide bonds. The molecule has 1 N–H and O–H groups in total. The average molecular weight is 476 g/mol. The van der Waals surface area contributed by atoms with Gasteiger partial charge in [0, 0.05) is 44.2 Å². The molecule has 1 heterocycles. The van der Waals surface area contributed by atoms with E-state index in [1.165, 1.54) is 10.9 Å². The number of hydrogen-bond donors (Lipinski definition) is 1. The summed E-state index contributed by atoms with van der Waals surface area (Å²) < 4.78 is 13.3. The van der Waals surface area contributed by atoms with Gasteiger partial charge in [0.15, 0.2) is 5.96 Å². The summed E-state index contributed by atoms with van der Waals surface area (Å²) in [6, 6.07) is 6.67. The summed E-state index contributed by atoms with van der Waals surface area (Å²) >= 11 is 1.75. The monoisotopic (exact) mass is 476 g/mol. The Hall–Kier alpha value is -1.22. The van der Waals surface area contributed by atoms with Crippen molar-refractivity contribution in [3.63, 3.8) is 0 Å². The van der Waals surface area contributed by atoms with Crippen molar-refractivity contribution in [3.05, 3.63) is 51.7 Å². The fourth-order valence-electron chi connectivity index (χ4n) is 2.34. The molecule has 2 aromatic rings. The number of hydrogen-bond acceptors (Lipinski definition) is 3. The molecule has 1 aromatic heterocycles. The van der Waals surface area contributed by atoms with Crippen molar-refractivity contribution in [2.24, 2.45) is 4.99 Å². The second-order valence-electron chi connectivity index (χ2n) is 5.55. The van der Waals surface area contributed by atoms with E-state index in [2.05, 4.69) is 22.2 Å². The molecule has 25 heavy (non-hydrogen) atoms. The highest BCUT2D eigenvalue weighted by Crippen LogP contribution is 2.14. The van der Waals surface area contributed by atoms with Gasteiger partial charge in [-0.25, -0.2) is 9.37 Å². The highest BCUT2D eigenvalue weighted by molar-refractivity contribution is 14.0. The number of thiazole rings is 1. The SMILES string of the molecule is CCNC(=NCCc1ncc(CC)s1)N(C)Cc1cccc(F)c1.I. The molecule has 0 bridgehead atoms. The van der Waals surface area contributed by atoms with Crippen molar-refractivity contribution in [2.45, 2.75) is 33.2 Å². The summed E-state index contributed by atoms with van der Waals surface area (Å²) in [6.45, 7) is 6.27. The zero-order valence-electron chi connectivity index (χ0n) is 15.0. The lowest BCUT2D eigenvalue weighted by Gasteiger charge is -2.22. The molecule has 1 aromatic carbocycles. The number of rotatable bonds is 7. The molecule has 2 rings (SSSR count). The van der Waals surface area contributed by atoms with Crippen LogP contribution < -0.4 is 5.32 Å². The summed E-state index contributed by atoms with van der Waals surface area (Å²) in [5.41, 5.74) is 0.926. The van der Waals surface area contributed by atoms with E-state index in [0.717, 1.165) is 35.9 Å². The van der Waals surface area contributed by atoms with Crippen molar-refractivity contribution < 1.29 is 4.39 Å². The Bertz CT molecular complexity index is 675. The summed E-state index contributed by atoms with van der Waals surface area (Å²) in [5, 5.41) is 4.41. The van der Waals surface area contributed by atoms with Crippen LogP contribution in [0.5, 0.6) is 0 Å². The molecule has 0 aliphatic carbocycles. The lowest BCUT2D eigenvalue weighted by Crippen LogP contribution is -2.38. The number of aliphatic imine (C=N–C) groups is 1. The van der Waals surface area contributed by atoms with Crippen LogP contribution in [0.1, 0.15) is 29.3 Å². The zero-order valence-corrected chi connectivity index (χ0v) is 18.1. The lowest BCUT2D eigenvalue weighted by molar-refractivity contribution is 0.475. The van der Waals surface area contributed by atoms with Crippen molar-refractivity contribution in [1.29, 1.82) is 0 Å². The highest BCUT2D eigenvalue weighted by Gasteiger charge is 2.07. The topological polar surface area (TPSA) is 40.5 Å². The van der Waals surface area contributed by atoms with Crippen molar-refractivity contribution >= 4 is 41.3 Å². The fraction of sp³-hybridized carbons (Fsp3) is 0.444. The Labute approximate surface area is 170 Å². The fourth-order valence-corrected chi connectivity index (χ4v) is 3.19. The van der Waals surface area contributed by atoms with Gasteiger partial charge < -0.3 is 10.2 Å². The van der Waals surface area contributed by atoms with Crippen molar-refractivity contribution in [3.8, 4) is 0 Å². The largest absolute Gasteiger partial charge is 0.357 e. The predicted octanol–water partition coefficient (Wildman–Crippen LogP) is 4.10. The van der Waals surface area contributed by atoms with Crippen LogP contribution in [0.2, 0.25) is 0 Å². The minimum atomic E-state index is -0.210. The number of aryl methyl sites for hydroxylation is 1. The number of nitrogens with one attached hydrogen (secondary N) is 1. The first-order chi connectivity index (χ1) is 11.6. The minimum absolute atomic E-state index is 0. The van der Waals surface area contributed by atoms with E-state index in [4.69, 9.17) is 0 Å². The Morgan fingerprint density at radius 3 is 2.80 bits per heavy atom. The maximum Gasteiger partial charge on any atom is 0.193 e. The van der Waals surface area contributed by atoms with Gasteiger partial charge in [0.05, 0.1) is 5.01 Å². The molecule has 0 atom stereocenters. The molecule has 4 nitrogen and oxygen atoms in total. The van der Waals surface area contributed by atoms with Gasteiger partial charge in [0.1, 0.15) is 5.82 Å². The van der Waals surface area contributed by atoms with Gasteiger partial charge in [-0.1, -0.05) is 19.1 Å². The molecule has 0 saturated carbocycles. The minimum Gasteiger partial charge on any atom is -0.357 e. The molecule has 0 spiro atoms. The Balaban J connectivity index is 0.00000312. The van der Waals surface area contributed by atoms with E-state index in [9.17, 15) is 4.39 Å². The van der Waals surface area contributed by atoms with Crippen LogP contribution in [-0.2, 0) is 19.4 Å². The molecular weight excluding hydrogens is 450 g/mol. The molecule has 0 aliphatic heterocycles. The number of nitrogens with zero attached hydrogens (tertiary/aromatic N) is 3. The molecule has 138 valence electrons. The maximum atomic E-state index is 13.3. The molecule has 0 radical (unpaired) electrons. The van der Waals surface area contributed by atoms with Gasteiger partial charge in [-0.2, -0.15) is 0 Å². The van der Waals surface area contributed by atoms with Crippen LogP contribution in [0.15, 0.2) is 35.5 Å². The van der Waals surface area contributed by atoms with Crippen LogP contribution in [0.25, 0.3) is 0 Å². The number of halogens is 2. The molecule has 0 fully saturated rings. The Kier molecular flexibility index (Phi) is 9.96. The summed E-state index contributed by atoms with van der Waals surface area (Å²) in [7, 11) is 1.96. The quantitative estimate of drug-likeness (QED) is 0.372. The van der Waals surface area contributed by atoms with E-state index in [0.29, 0.717) is 13.1 Å². The molecule has 0 unspecified atom stereocenters. The van der Waals surface area contributed by atoms with Crippen LogP contribution in [0, 0.1) is 5.82 Å². The van der Waals surface area contributed by atoms with E-state index >= 15 is 0 Å². The second-order valence-corrected chi connectivity index (χ2v) is 6.75. The smallest absolute Gasteiger partial charge is 0.193 e. The van der Waals surface area contributed by atoms with Crippen LogP contribution in [-0.4, -0.2) is 36.0 Å². The highest BCUT2D eigenvalue weighted by atomic mass is 127. The summed E-state index contributed by atoms with van der Waals surface area (Å²) in [4.78, 5) is 12.4. The van der Waals surface area contributed by atoms with Gasteiger partial charge in [-0.3, -0.25) is 4.99 Å². The number of aromatic nitrogens is 1. The van der Waals surface area contributed by atoms with E-state index in [1.807, 2.05) is 31.1 Å². The second kappa shape index (κ2) is 11.4. The molecule has 7 heteroatoms. The molecule has 0 aliphatic rings. The summed E-state index contributed by atoms with van der Waals surface area (Å²) in [6.07, 6.45) is 3.82. The van der Waals surface area contributed by atoms with E-state index in [1.54, 1.807) is 23.5 Å². The standard InChI is InChI=1S/C18H25FN4S.HI/c1-4-16-12-22-17(24-16)9-10-21-18(20-5-2)23(3)13-14-7-6-8-15(19)11-14;/h6-8,11-12H,4-5,9-10,13H2,1-3H3,(H,20,21);1H. The van der Waals surface area contributed by atoms with Crippen molar-refractivity contribution in [1.82, 2.24) is 15.2 Å². The molecule has 0 saturated heterocycles. The van der Waals surface area contributed by atoms with Gasteiger partial charge in [-0.05, 0) is 31.0 Å². The van der Waals surface area contributed by atoms with Crippen LogP contribution in [0.3, 0.4) is 0 Å². The lowest BCUT2D eigenvalue weighted by atomic mass is 10.2. The van der Waals surface area contributed by atoms with Gasteiger partial charge in [0.25, 0.3) is 0 Å². The summed E-state index contributed by atoms with van der Waals surface area (Å²) in [5.74, 6) is 0.618. The Morgan fingerprint density at radius 2 is 2.16 bits per heavy atom. The van der Waals surface area contributed by atoms with Crippen LogP contribution in [0.4, 0.5) is 4.39 Å². The van der Waals surface area contributed by atoms with Crippen molar-refractivity contribution in [2.75, 3.05) is 20.1 Å². The Morgan fingerprint density at radius 1 is 1.36 bits per heavy atom. The predicted molar refractivity (Wildman–Crippen MR) is 114 cm³/mol. The van der Waals surface area contributed by atoms with Gasteiger partial charge >= 0.3 is 0 Å². The third-order valence-corrected chi connectivity index (χ3v) is 4.74. The van der Waals surface area contributed by atoms with E-state index in [-0.39, 0.29) is 29.8 Å². The average Bonchev–Trinajstić information content (AvgIpc) is 3.02. The first kappa shape index (κ1) is 21.8. The first-order valence-corrected chi connectivity index (χ1v) is 9.11. The zero-order chi connectivity index (χ0) is 17.4. The van der Waals surface area contributed by atoms with E-state index < -0.39 is 0 Å². The van der Waals surface area contributed by atoms with Gasteiger partial charge in [0.2, 0.25) is 0 Å². The van der Waals surface area contributed by atoms with Gasteiger partial charge in [-0.15, -0.1) is 35.3 Å². The third-order valence-electron chi connectivity index (χ3n) is 3.54. The maximum absolute atomic E-state index is 13.3. The third kappa shape index (κ3) is 7.27. The number of benzene rings is 1. The number of guanidine groups is 1.